The predicted molar refractivity (Wildman–Crippen MR) is 75.7 cm³/mol. The maximum atomic E-state index is 8.75. The molecular weight excluding hydrogens is 236 g/mol. The molecule has 2 aromatic rings. The molecule has 3 nitrogen and oxygen atoms in total. The average Bonchev–Trinajstić information content (AvgIpc) is 2.44. The summed E-state index contributed by atoms with van der Waals surface area (Å²) in [6, 6.07) is 17.5. The molecule has 3 heteroatoms. The molecule has 1 atom stereocenters. The minimum Gasteiger partial charge on any atom is -0.486 e. The molecule has 0 fully saturated rings. The molecule has 19 heavy (non-hydrogen) atoms. The van der Waals surface area contributed by atoms with Crippen molar-refractivity contribution in [1.29, 1.82) is 5.26 Å². The van der Waals surface area contributed by atoms with Gasteiger partial charge < -0.3 is 10.5 Å². The predicted octanol–water partition coefficient (Wildman–Crippen LogP) is 3.47. The highest BCUT2D eigenvalue weighted by Crippen LogP contribution is 2.25. The first-order chi connectivity index (χ1) is 9.20. The van der Waals surface area contributed by atoms with Crippen LogP contribution < -0.4 is 10.5 Å². The second-order valence-corrected chi connectivity index (χ2v) is 4.37. The lowest BCUT2D eigenvalue weighted by Crippen LogP contribution is -2.03. The summed E-state index contributed by atoms with van der Waals surface area (Å²) in [6.45, 7) is 2.00. The highest BCUT2D eigenvalue weighted by molar-refractivity contribution is 5.51. The van der Waals surface area contributed by atoms with Crippen LogP contribution in [0.4, 0.5) is 5.69 Å². The maximum Gasteiger partial charge on any atom is 0.121 e. The van der Waals surface area contributed by atoms with E-state index in [2.05, 4.69) is 6.07 Å². The van der Waals surface area contributed by atoms with Crippen LogP contribution in [0.3, 0.4) is 0 Å². The molecule has 0 heterocycles. The Morgan fingerprint density at radius 3 is 2.63 bits per heavy atom. The van der Waals surface area contributed by atoms with Gasteiger partial charge in [-0.2, -0.15) is 5.26 Å². The SMILES string of the molecule is CC(Oc1ccc(N)c(CC#N)c1)c1ccccc1. The van der Waals surface area contributed by atoms with Crippen LogP contribution in [0.15, 0.2) is 48.5 Å². The van der Waals surface area contributed by atoms with Crippen molar-refractivity contribution in [3.63, 3.8) is 0 Å². The Labute approximate surface area is 113 Å². The van der Waals surface area contributed by atoms with E-state index in [0.717, 1.165) is 16.9 Å². The van der Waals surface area contributed by atoms with E-state index in [1.165, 1.54) is 0 Å². The summed E-state index contributed by atoms with van der Waals surface area (Å²) in [5.74, 6) is 0.732. The number of nitrogens with zero attached hydrogens (tertiary/aromatic N) is 1. The van der Waals surface area contributed by atoms with E-state index in [-0.39, 0.29) is 6.10 Å². The summed E-state index contributed by atoms with van der Waals surface area (Å²) < 4.78 is 5.88. The number of rotatable bonds is 4. The van der Waals surface area contributed by atoms with Gasteiger partial charge in [-0.3, -0.25) is 0 Å². The van der Waals surface area contributed by atoms with Crippen molar-refractivity contribution in [2.24, 2.45) is 0 Å². The number of hydrogen-bond donors (Lipinski definition) is 1. The first-order valence-electron chi connectivity index (χ1n) is 6.17. The molecular formula is C16H16N2O. The zero-order valence-electron chi connectivity index (χ0n) is 10.8. The van der Waals surface area contributed by atoms with Gasteiger partial charge in [0.2, 0.25) is 0 Å². The van der Waals surface area contributed by atoms with Crippen LogP contribution >= 0.6 is 0 Å². The van der Waals surface area contributed by atoms with Crippen LogP contribution in [0.2, 0.25) is 0 Å². The first-order valence-corrected chi connectivity index (χ1v) is 6.17. The number of ether oxygens (including phenoxy) is 1. The van der Waals surface area contributed by atoms with Gasteiger partial charge in [0.1, 0.15) is 11.9 Å². The summed E-state index contributed by atoms with van der Waals surface area (Å²) in [4.78, 5) is 0. The largest absolute Gasteiger partial charge is 0.486 e. The lowest BCUT2D eigenvalue weighted by Gasteiger charge is -2.16. The van der Waals surface area contributed by atoms with E-state index in [9.17, 15) is 0 Å². The molecule has 0 radical (unpaired) electrons. The van der Waals surface area contributed by atoms with E-state index in [1.807, 2.05) is 49.4 Å². The number of nitrogens with two attached hydrogens (primary N) is 1. The molecule has 1 unspecified atom stereocenters. The number of benzene rings is 2. The number of anilines is 1. The van der Waals surface area contributed by atoms with Gasteiger partial charge in [-0.1, -0.05) is 30.3 Å². The summed E-state index contributed by atoms with van der Waals surface area (Å²) in [5.41, 5.74) is 8.35. The standard InChI is InChI=1S/C16H16N2O/c1-12(13-5-3-2-4-6-13)19-15-7-8-16(18)14(11-15)9-10-17/h2-8,11-12H,9,18H2,1H3. The van der Waals surface area contributed by atoms with Gasteiger partial charge in [0.15, 0.2) is 0 Å². The summed E-state index contributed by atoms with van der Waals surface area (Å²) >= 11 is 0. The van der Waals surface area contributed by atoms with Crippen LogP contribution in [-0.4, -0.2) is 0 Å². The number of nitriles is 1. The van der Waals surface area contributed by atoms with E-state index >= 15 is 0 Å². The van der Waals surface area contributed by atoms with Crippen molar-refractivity contribution >= 4 is 5.69 Å². The third kappa shape index (κ3) is 3.26. The van der Waals surface area contributed by atoms with E-state index in [1.54, 1.807) is 6.07 Å². The van der Waals surface area contributed by atoms with Gasteiger partial charge >= 0.3 is 0 Å². The Morgan fingerprint density at radius 2 is 1.95 bits per heavy atom. The maximum absolute atomic E-state index is 8.75. The van der Waals surface area contributed by atoms with Crippen LogP contribution in [0.5, 0.6) is 5.75 Å². The Kier molecular flexibility index (Phi) is 4.04. The van der Waals surface area contributed by atoms with Crippen LogP contribution in [-0.2, 0) is 6.42 Å². The molecule has 0 saturated carbocycles. The first kappa shape index (κ1) is 13.0. The van der Waals surface area contributed by atoms with Crippen LogP contribution in [0.25, 0.3) is 0 Å². The Bertz CT molecular complexity index is 587. The topological polar surface area (TPSA) is 59.0 Å². The molecule has 0 amide bonds. The van der Waals surface area contributed by atoms with Gasteiger partial charge in [-0.15, -0.1) is 0 Å². The molecule has 0 bridgehead atoms. The fourth-order valence-electron chi connectivity index (χ4n) is 1.89. The second-order valence-electron chi connectivity index (χ2n) is 4.37. The third-order valence-corrected chi connectivity index (χ3v) is 2.97. The fourth-order valence-corrected chi connectivity index (χ4v) is 1.89. The van der Waals surface area contributed by atoms with E-state index < -0.39 is 0 Å². The molecule has 0 aliphatic rings. The molecule has 0 aliphatic heterocycles. The van der Waals surface area contributed by atoms with Crippen molar-refractivity contribution in [2.45, 2.75) is 19.4 Å². The molecule has 96 valence electrons. The van der Waals surface area contributed by atoms with E-state index in [0.29, 0.717) is 12.1 Å². The lowest BCUT2D eigenvalue weighted by molar-refractivity contribution is 0.227. The van der Waals surface area contributed by atoms with Crippen molar-refractivity contribution in [2.75, 3.05) is 5.73 Å². The fraction of sp³-hybridized carbons (Fsp3) is 0.188. The number of hydrogen-bond acceptors (Lipinski definition) is 3. The van der Waals surface area contributed by atoms with Gasteiger partial charge in [0.05, 0.1) is 12.5 Å². The van der Waals surface area contributed by atoms with Crippen molar-refractivity contribution in [3.8, 4) is 11.8 Å². The Hall–Kier alpha value is -2.47. The minimum atomic E-state index is -0.0419. The minimum absolute atomic E-state index is 0.0419. The quantitative estimate of drug-likeness (QED) is 0.847. The van der Waals surface area contributed by atoms with Crippen molar-refractivity contribution in [1.82, 2.24) is 0 Å². The highest BCUT2D eigenvalue weighted by Gasteiger charge is 2.08. The van der Waals surface area contributed by atoms with Crippen LogP contribution in [0, 0.1) is 11.3 Å². The monoisotopic (exact) mass is 252 g/mol. The highest BCUT2D eigenvalue weighted by atomic mass is 16.5. The summed E-state index contributed by atoms with van der Waals surface area (Å²) in [5, 5.41) is 8.75. The smallest absolute Gasteiger partial charge is 0.121 e. The number of nitrogen functional groups attached to an aromatic ring is 1. The Morgan fingerprint density at radius 1 is 1.21 bits per heavy atom. The summed E-state index contributed by atoms with van der Waals surface area (Å²) in [7, 11) is 0. The molecule has 2 N–H and O–H groups in total. The zero-order chi connectivity index (χ0) is 13.7. The molecule has 0 saturated heterocycles. The van der Waals surface area contributed by atoms with E-state index in [4.69, 9.17) is 15.7 Å². The third-order valence-electron chi connectivity index (χ3n) is 2.97. The lowest BCUT2D eigenvalue weighted by atomic mass is 10.1. The molecule has 2 aromatic carbocycles. The van der Waals surface area contributed by atoms with Gasteiger partial charge in [-0.25, -0.2) is 0 Å². The molecule has 0 aromatic heterocycles. The summed E-state index contributed by atoms with van der Waals surface area (Å²) in [6.07, 6.45) is 0.253. The van der Waals surface area contributed by atoms with Gasteiger partial charge in [0, 0.05) is 5.69 Å². The van der Waals surface area contributed by atoms with Crippen molar-refractivity contribution < 1.29 is 4.74 Å². The van der Waals surface area contributed by atoms with Crippen LogP contribution in [0.1, 0.15) is 24.2 Å². The molecule has 2 rings (SSSR count). The van der Waals surface area contributed by atoms with Gasteiger partial charge in [0.25, 0.3) is 0 Å². The van der Waals surface area contributed by atoms with Crippen molar-refractivity contribution in [3.05, 3.63) is 59.7 Å². The average molecular weight is 252 g/mol. The van der Waals surface area contributed by atoms with Gasteiger partial charge in [-0.05, 0) is 36.2 Å². The zero-order valence-corrected chi connectivity index (χ0v) is 10.8. The molecule has 0 aliphatic carbocycles. The normalized spacial score (nSPS) is 11.6. The Balaban J connectivity index is 2.15. The second kappa shape index (κ2) is 5.92. The molecule has 0 spiro atoms.